The lowest BCUT2D eigenvalue weighted by molar-refractivity contribution is 0.241. The fraction of sp³-hybridized carbons (Fsp3) is 0.263. The number of hydrogen-bond acceptors (Lipinski definition) is 4. The Kier molecular flexibility index (Phi) is 5.94. The smallest absolute Gasteiger partial charge is 0.199 e. The highest BCUT2D eigenvalue weighted by molar-refractivity contribution is 7.71. The van der Waals surface area contributed by atoms with Crippen molar-refractivity contribution in [2.75, 3.05) is 14.2 Å². The van der Waals surface area contributed by atoms with Crippen molar-refractivity contribution in [1.29, 1.82) is 0 Å². The lowest BCUT2D eigenvalue weighted by Gasteiger charge is -2.17. The molecule has 142 valence electrons. The highest BCUT2D eigenvalue weighted by Gasteiger charge is 2.14. The van der Waals surface area contributed by atoms with E-state index in [0.29, 0.717) is 28.6 Å². The number of aromatic nitrogens is 3. The first-order valence-corrected chi connectivity index (χ1v) is 9.09. The summed E-state index contributed by atoms with van der Waals surface area (Å²) in [4.78, 5) is 1.91. The first kappa shape index (κ1) is 19.5. The molecule has 2 aromatic carbocycles. The quantitative estimate of drug-likeness (QED) is 0.564. The lowest BCUT2D eigenvalue weighted by Crippen LogP contribution is -2.23. The molecule has 0 saturated heterocycles. The van der Waals surface area contributed by atoms with Crippen LogP contribution in [0, 0.1) is 10.6 Å². The van der Waals surface area contributed by atoms with Crippen LogP contribution in [0.2, 0.25) is 5.02 Å². The zero-order valence-electron chi connectivity index (χ0n) is 15.3. The van der Waals surface area contributed by atoms with Gasteiger partial charge in [-0.25, -0.2) is 9.07 Å². The van der Waals surface area contributed by atoms with E-state index in [1.165, 1.54) is 6.07 Å². The molecule has 27 heavy (non-hydrogen) atoms. The Morgan fingerprint density at radius 1 is 1.22 bits per heavy atom. The van der Waals surface area contributed by atoms with E-state index >= 15 is 0 Å². The van der Waals surface area contributed by atoms with Gasteiger partial charge in [0.1, 0.15) is 11.6 Å². The van der Waals surface area contributed by atoms with Gasteiger partial charge in [-0.15, -0.1) is 0 Å². The van der Waals surface area contributed by atoms with Gasteiger partial charge in [0, 0.05) is 29.7 Å². The molecule has 0 saturated carbocycles. The second kappa shape index (κ2) is 8.21. The summed E-state index contributed by atoms with van der Waals surface area (Å²) in [5.74, 6) is 1.21. The van der Waals surface area contributed by atoms with Crippen LogP contribution >= 0.6 is 23.8 Å². The maximum absolute atomic E-state index is 14.0. The Morgan fingerprint density at radius 3 is 2.56 bits per heavy atom. The van der Waals surface area contributed by atoms with E-state index < -0.39 is 0 Å². The molecule has 0 aliphatic carbocycles. The Balaban J connectivity index is 1.82. The molecule has 0 fully saturated rings. The summed E-state index contributed by atoms with van der Waals surface area (Å²) in [5.41, 5.74) is 1.39. The zero-order chi connectivity index (χ0) is 19.6. The molecule has 0 unspecified atom stereocenters. The molecular weight excluding hydrogens is 387 g/mol. The summed E-state index contributed by atoms with van der Waals surface area (Å²) >= 11 is 11.6. The van der Waals surface area contributed by atoms with Crippen molar-refractivity contribution in [1.82, 2.24) is 19.2 Å². The fourth-order valence-corrected chi connectivity index (χ4v) is 3.21. The first-order valence-electron chi connectivity index (χ1n) is 8.30. The molecule has 0 atom stereocenters. The highest BCUT2D eigenvalue weighted by atomic mass is 35.5. The van der Waals surface area contributed by atoms with Crippen molar-refractivity contribution in [3.05, 3.63) is 63.6 Å². The minimum Gasteiger partial charge on any atom is -0.497 e. The van der Waals surface area contributed by atoms with Gasteiger partial charge in [-0.05, 0) is 55.7 Å². The van der Waals surface area contributed by atoms with Gasteiger partial charge in [-0.3, -0.25) is 4.90 Å². The van der Waals surface area contributed by atoms with Crippen LogP contribution in [0.3, 0.4) is 0 Å². The second-order valence-electron chi connectivity index (χ2n) is 6.25. The average Bonchev–Trinajstić information content (AvgIpc) is 2.93. The average molecular weight is 407 g/mol. The third-order valence-corrected chi connectivity index (χ3v) is 5.09. The number of rotatable bonds is 6. The molecule has 0 aliphatic rings. The van der Waals surface area contributed by atoms with E-state index in [0.717, 1.165) is 17.1 Å². The molecule has 8 heteroatoms. The molecule has 0 aliphatic heterocycles. The topological polar surface area (TPSA) is 35.2 Å². The second-order valence-corrected chi connectivity index (χ2v) is 7.02. The van der Waals surface area contributed by atoms with Gasteiger partial charge in [0.05, 0.1) is 13.8 Å². The minimum absolute atomic E-state index is 0.321. The molecule has 0 N–H and O–H groups in total. The first-order chi connectivity index (χ1) is 12.9. The summed E-state index contributed by atoms with van der Waals surface area (Å²) in [5, 5.41) is 5.04. The van der Waals surface area contributed by atoms with Gasteiger partial charge in [0.15, 0.2) is 10.6 Å². The van der Waals surface area contributed by atoms with Crippen molar-refractivity contribution in [3.8, 4) is 17.1 Å². The van der Waals surface area contributed by atoms with E-state index in [4.69, 9.17) is 28.6 Å². The number of ether oxygens (including phenoxy) is 1. The molecule has 1 aromatic heterocycles. The van der Waals surface area contributed by atoms with Crippen molar-refractivity contribution in [2.24, 2.45) is 7.05 Å². The van der Waals surface area contributed by atoms with Crippen LogP contribution in [0.4, 0.5) is 4.39 Å². The van der Waals surface area contributed by atoms with Gasteiger partial charge < -0.3 is 9.30 Å². The molecule has 3 aromatic rings. The minimum atomic E-state index is -0.321. The van der Waals surface area contributed by atoms with Crippen LogP contribution in [0.15, 0.2) is 42.5 Å². The monoisotopic (exact) mass is 406 g/mol. The molecule has 0 amide bonds. The van der Waals surface area contributed by atoms with Crippen molar-refractivity contribution in [2.45, 2.75) is 13.2 Å². The standard InChI is InChI=1S/C19H20ClFN4OS/c1-23(11-15-16(20)5-4-6-17(15)21)12-25-19(27)24(2)18(22-25)13-7-9-14(26-3)10-8-13/h4-10H,11-12H2,1-3H3. The zero-order valence-corrected chi connectivity index (χ0v) is 16.9. The Bertz CT molecular complexity index is 980. The van der Waals surface area contributed by atoms with E-state index in [9.17, 15) is 4.39 Å². The van der Waals surface area contributed by atoms with E-state index in [-0.39, 0.29) is 5.82 Å². The summed E-state index contributed by atoms with van der Waals surface area (Å²) in [7, 11) is 5.37. The van der Waals surface area contributed by atoms with Crippen LogP contribution in [0.5, 0.6) is 5.75 Å². The molecule has 5 nitrogen and oxygen atoms in total. The van der Waals surface area contributed by atoms with Gasteiger partial charge >= 0.3 is 0 Å². The summed E-state index contributed by atoms with van der Waals surface area (Å²) < 4.78 is 23.3. The molecule has 1 heterocycles. The third kappa shape index (κ3) is 4.21. The van der Waals surface area contributed by atoms with Gasteiger partial charge in [0.2, 0.25) is 0 Å². The third-order valence-electron chi connectivity index (χ3n) is 4.25. The van der Waals surface area contributed by atoms with Gasteiger partial charge in [-0.1, -0.05) is 17.7 Å². The van der Waals surface area contributed by atoms with E-state index in [2.05, 4.69) is 5.10 Å². The molecule has 3 rings (SSSR count). The maximum Gasteiger partial charge on any atom is 0.199 e. The van der Waals surface area contributed by atoms with Crippen molar-refractivity contribution < 1.29 is 9.13 Å². The molecule has 0 spiro atoms. The predicted octanol–water partition coefficient (Wildman–Crippen LogP) is 4.51. The Labute approximate surface area is 167 Å². The number of nitrogens with zero attached hydrogens (tertiary/aromatic N) is 4. The molecule has 0 bridgehead atoms. The fourth-order valence-electron chi connectivity index (χ4n) is 2.80. The highest BCUT2D eigenvalue weighted by Crippen LogP contribution is 2.22. The van der Waals surface area contributed by atoms with Crippen LogP contribution in [-0.2, 0) is 20.3 Å². The number of methoxy groups -OCH3 is 1. The molecule has 0 radical (unpaired) electrons. The van der Waals surface area contributed by atoms with Crippen molar-refractivity contribution in [3.63, 3.8) is 0 Å². The normalized spacial score (nSPS) is 11.2. The molecular formula is C19H20ClFN4OS. The number of halogens is 2. The van der Waals surface area contributed by atoms with E-state index in [1.54, 1.807) is 23.9 Å². The summed E-state index contributed by atoms with van der Waals surface area (Å²) in [6.45, 7) is 0.759. The number of benzene rings is 2. The Hall–Kier alpha value is -2.22. The number of hydrogen-bond donors (Lipinski definition) is 0. The Morgan fingerprint density at radius 2 is 1.93 bits per heavy atom. The van der Waals surface area contributed by atoms with E-state index in [1.807, 2.05) is 47.8 Å². The van der Waals surface area contributed by atoms with Gasteiger partial charge in [0.25, 0.3) is 0 Å². The lowest BCUT2D eigenvalue weighted by atomic mass is 10.2. The van der Waals surface area contributed by atoms with Crippen LogP contribution in [0.1, 0.15) is 5.56 Å². The van der Waals surface area contributed by atoms with Crippen LogP contribution < -0.4 is 4.74 Å². The van der Waals surface area contributed by atoms with Crippen molar-refractivity contribution >= 4 is 23.8 Å². The van der Waals surface area contributed by atoms with Crippen LogP contribution in [-0.4, -0.2) is 33.4 Å². The van der Waals surface area contributed by atoms with Gasteiger partial charge in [-0.2, -0.15) is 5.10 Å². The SMILES string of the molecule is COc1ccc(-c2nn(CN(C)Cc3c(F)cccc3Cl)c(=S)n2C)cc1. The predicted molar refractivity (Wildman–Crippen MR) is 107 cm³/mol. The summed E-state index contributed by atoms with van der Waals surface area (Å²) in [6, 6.07) is 12.3. The maximum atomic E-state index is 14.0. The summed E-state index contributed by atoms with van der Waals surface area (Å²) in [6.07, 6.45) is 0. The van der Waals surface area contributed by atoms with Crippen LogP contribution in [0.25, 0.3) is 11.4 Å². The largest absolute Gasteiger partial charge is 0.497 e.